The Bertz CT molecular complexity index is 480. The molecule has 0 amide bonds. The smallest absolute Gasteiger partial charge is 0.0608 e. The molecule has 1 heterocycles. The van der Waals surface area contributed by atoms with E-state index in [2.05, 4.69) is 10.2 Å². The second-order valence-electron chi connectivity index (χ2n) is 6.76. The molecular formula is C17H27ClN2O2. The molecule has 22 heavy (non-hydrogen) atoms. The van der Waals surface area contributed by atoms with Crippen LogP contribution in [-0.4, -0.2) is 42.1 Å². The Kier molecular flexibility index (Phi) is 5.95. The second-order valence-corrected chi connectivity index (χ2v) is 7.20. The third-order valence-electron chi connectivity index (χ3n) is 4.22. The summed E-state index contributed by atoms with van der Waals surface area (Å²) in [6.07, 6.45) is 2.70. The third-order valence-corrected chi connectivity index (χ3v) is 4.46. The van der Waals surface area contributed by atoms with Crippen LogP contribution in [0.5, 0.6) is 0 Å². The molecule has 1 aromatic rings. The number of hydrogen-bond acceptors (Lipinski definition) is 4. The summed E-state index contributed by atoms with van der Waals surface area (Å²) in [6, 6.07) is 5.91. The number of halogens is 1. The molecule has 0 saturated carbocycles. The minimum absolute atomic E-state index is 0.283. The minimum Gasteiger partial charge on any atom is -0.396 e. The highest BCUT2D eigenvalue weighted by atomic mass is 35.5. The fourth-order valence-electron chi connectivity index (χ4n) is 2.79. The zero-order valence-electron chi connectivity index (χ0n) is 13.5. The monoisotopic (exact) mass is 326 g/mol. The summed E-state index contributed by atoms with van der Waals surface area (Å²) in [7, 11) is 0. The fraction of sp³-hybridized carbons (Fsp3) is 0.647. The lowest BCUT2D eigenvalue weighted by Crippen LogP contribution is -2.35. The van der Waals surface area contributed by atoms with Gasteiger partial charge in [0.15, 0.2) is 0 Å². The fourth-order valence-corrected chi connectivity index (χ4v) is 2.96. The van der Waals surface area contributed by atoms with Crippen molar-refractivity contribution in [2.24, 2.45) is 5.92 Å². The van der Waals surface area contributed by atoms with E-state index in [0.29, 0.717) is 23.9 Å². The predicted octanol–water partition coefficient (Wildman–Crippen LogP) is 3.12. The molecule has 1 saturated heterocycles. The van der Waals surface area contributed by atoms with E-state index in [1.807, 2.05) is 32.0 Å². The molecule has 0 unspecified atom stereocenters. The van der Waals surface area contributed by atoms with Crippen molar-refractivity contribution in [3.8, 4) is 0 Å². The van der Waals surface area contributed by atoms with Crippen LogP contribution in [0.15, 0.2) is 18.2 Å². The molecule has 0 spiro atoms. The van der Waals surface area contributed by atoms with Crippen LogP contribution in [0.4, 0.5) is 11.4 Å². The van der Waals surface area contributed by atoms with Crippen molar-refractivity contribution in [2.75, 3.05) is 36.5 Å². The molecule has 2 rings (SSSR count). The van der Waals surface area contributed by atoms with E-state index < -0.39 is 5.60 Å². The third kappa shape index (κ3) is 5.04. The maximum absolute atomic E-state index is 9.82. The van der Waals surface area contributed by atoms with E-state index in [-0.39, 0.29) is 6.61 Å². The average Bonchev–Trinajstić information content (AvgIpc) is 2.46. The Morgan fingerprint density at radius 2 is 2.00 bits per heavy atom. The molecule has 1 fully saturated rings. The van der Waals surface area contributed by atoms with Crippen molar-refractivity contribution in [2.45, 2.75) is 38.7 Å². The molecule has 4 nitrogen and oxygen atoms in total. The lowest BCUT2D eigenvalue weighted by atomic mass is 9.97. The molecule has 1 aromatic carbocycles. The number of anilines is 2. The molecule has 1 aliphatic heterocycles. The second kappa shape index (κ2) is 7.53. The SMILES string of the molecule is CC(C)(O)CCNc1cc(Cl)ccc1N1CCC(CO)CC1. The van der Waals surface area contributed by atoms with E-state index in [9.17, 15) is 10.2 Å². The number of nitrogens with zero attached hydrogens (tertiary/aromatic N) is 1. The average molecular weight is 327 g/mol. The molecule has 5 heteroatoms. The Labute approximate surface area is 138 Å². The van der Waals surface area contributed by atoms with Crippen LogP contribution in [0.2, 0.25) is 5.02 Å². The quantitative estimate of drug-likeness (QED) is 0.752. The highest BCUT2D eigenvalue weighted by Gasteiger charge is 2.21. The Morgan fingerprint density at radius 3 is 2.59 bits per heavy atom. The summed E-state index contributed by atoms with van der Waals surface area (Å²) in [4.78, 5) is 2.34. The van der Waals surface area contributed by atoms with Crippen LogP contribution in [0.25, 0.3) is 0 Å². The van der Waals surface area contributed by atoms with Crippen LogP contribution in [0.3, 0.4) is 0 Å². The standard InChI is InChI=1S/C17H27ClN2O2/c1-17(2,22)7-8-19-15-11-14(18)3-4-16(15)20-9-5-13(12-21)6-10-20/h3-4,11,13,19,21-22H,5-10,12H2,1-2H3. The number of hydrogen-bond donors (Lipinski definition) is 3. The van der Waals surface area contributed by atoms with E-state index in [1.165, 1.54) is 0 Å². The van der Waals surface area contributed by atoms with Gasteiger partial charge in [-0.05, 0) is 57.2 Å². The van der Waals surface area contributed by atoms with Gasteiger partial charge in [0.25, 0.3) is 0 Å². The lowest BCUT2D eigenvalue weighted by molar-refractivity contribution is 0.0749. The summed E-state index contributed by atoms with van der Waals surface area (Å²) < 4.78 is 0. The maximum atomic E-state index is 9.82. The van der Waals surface area contributed by atoms with Gasteiger partial charge in [-0.25, -0.2) is 0 Å². The Morgan fingerprint density at radius 1 is 1.32 bits per heavy atom. The molecule has 0 aromatic heterocycles. The van der Waals surface area contributed by atoms with Crippen molar-refractivity contribution < 1.29 is 10.2 Å². The molecule has 124 valence electrons. The first-order chi connectivity index (χ1) is 10.4. The highest BCUT2D eigenvalue weighted by molar-refractivity contribution is 6.31. The molecule has 0 aliphatic carbocycles. The molecule has 0 atom stereocenters. The first-order valence-corrected chi connectivity index (χ1v) is 8.38. The summed E-state index contributed by atoms with van der Waals surface area (Å²) in [5, 5.41) is 23.2. The normalized spacial score (nSPS) is 16.9. The maximum Gasteiger partial charge on any atom is 0.0608 e. The molecule has 3 N–H and O–H groups in total. The van der Waals surface area contributed by atoms with Crippen LogP contribution in [0, 0.1) is 5.92 Å². The van der Waals surface area contributed by atoms with E-state index in [1.54, 1.807) is 0 Å². The van der Waals surface area contributed by atoms with E-state index >= 15 is 0 Å². The van der Waals surface area contributed by atoms with Crippen molar-refractivity contribution in [1.82, 2.24) is 0 Å². The summed E-state index contributed by atoms with van der Waals surface area (Å²) in [5.41, 5.74) is 1.49. The van der Waals surface area contributed by atoms with Crippen LogP contribution >= 0.6 is 11.6 Å². The van der Waals surface area contributed by atoms with Gasteiger partial charge in [0.1, 0.15) is 0 Å². The topological polar surface area (TPSA) is 55.7 Å². The van der Waals surface area contributed by atoms with Crippen molar-refractivity contribution in [1.29, 1.82) is 0 Å². The molecular weight excluding hydrogens is 300 g/mol. The van der Waals surface area contributed by atoms with Crippen molar-refractivity contribution in [3.05, 3.63) is 23.2 Å². The van der Waals surface area contributed by atoms with Crippen molar-refractivity contribution >= 4 is 23.0 Å². The van der Waals surface area contributed by atoms with Gasteiger partial charge >= 0.3 is 0 Å². The van der Waals surface area contributed by atoms with Gasteiger partial charge in [0, 0.05) is 31.3 Å². The molecule has 1 aliphatic rings. The van der Waals surface area contributed by atoms with Crippen LogP contribution < -0.4 is 10.2 Å². The van der Waals surface area contributed by atoms with Gasteiger partial charge in [0.05, 0.1) is 17.0 Å². The number of rotatable bonds is 6. The van der Waals surface area contributed by atoms with E-state index in [0.717, 1.165) is 37.3 Å². The van der Waals surface area contributed by atoms with Crippen molar-refractivity contribution in [3.63, 3.8) is 0 Å². The Hall–Kier alpha value is -0.970. The zero-order valence-corrected chi connectivity index (χ0v) is 14.2. The zero-order chi connectivity index (χ0) is 16.2. The van der Waals surface area contributed by atoms with Gasteiger partial charge in [0.2, 0.25) is 0 Å². The number of aliphatic hydroxyl groups excluding tert-OH is 1. The van der Waals surface area contributed by atoms with Gasteiger partial charge in [-0.2, -0.15) is 0 Å². The van der Waals surface area contributed by atoms with Crippen LogP contribution in [-0.2, 0) is 0 Å². The van der Waals surface area contributed by atoms with Gasteiger partial charge in [-0.15, -0.1) is 0 Å². The number of aliphatic hydroxyl groups is 2. The summed E-state index contributed by atoms with van der Waals surface area (Å²) in [5.74, 6) is 0.426. The van der Waals surface area contributed by atoms with Gasteiger partial charge in [-0.1, -0.05) is 11.6 Å². The molecule has 0 bridgehead atoms. The van der Waals surface area contributed by atoms with Gasteiger partial charge < -0.3 is 20.4 Å². The highest BCUT2D eigenvalue weighted by Crippen LogP contribution is 2.32. The summed E-state index contributed by atoms with van der Waals surface area (Å²) >= 11 is 6.13. The lowest BCUT2D eigenvalue weighted by Gasteiger charge is -2.34. The number of nitrogens with one attached hydrogen (secondary N) is 1. The number of piperidine rings is 1. The first kappa shape index (κ1) is 17.4. The summed E-state index contributed by atoms with van der Waals surface area (Å²) in [6.45, 7) is 6.51. The predicted molar refractivity (Wildman–Crippen MR) is 92.9 cm³/mol. The minimum atomic E-state index is -0.675. The van der Waals surface area contributed by atoms with Gasteiger partial charge in [-0.3, -0.25) is 0 Å². The number of benzene rings is 1. The van der Waals surface area contributed by atoms with Crippen LogP contribution in [0.1, 0.15) is 33.1 Å². The first-order valence-electron chi connectivity index (χ1n) is 8.00. The van der Waals surface area contributed by atoms with E-state index in [4.69, 9.17) is 11.6 Å². The largest absolute Gasteiger partial charge is 0.396 e. The Balaban J connectivity index is 2.04. The molecule has 0 radical (unpaired) electrons.